The van der Waals surface area contributed by atoms with E-state index < -0.39 is 141 Å². The predicted octanol–water partition coefficient (Wildman–Crippen LogP) is -3.90. The third kappa shape index (κ3) is 12.4. The lowest BCUT2D eigenvalue weighted by molar-refractivity contribution is -0.155. The topological polar surface area (TPSA) is 272 Å². The van der Waals surface area contributed by atoms with E-state index in [-0.39, 0.29) is 6.61 Å². The second-order valence-corrected chi connectivity index (χ2v) is 13.2. The largest absolute Gasteiger partial charge is 0.464 e. The van der Waals surface area contributed by atoms with Gasteiger partial charge in [-0.05, 0) is 41.5 Å². The number of aliphatic hydroxyl groups is 3. The molecule has 21 heteroatoms. The number of rotatable bonds is 18. The molecule has 2 aromatic heterocycles. The Balaban J connectivity index is 2.33. The molecule has 1 atom stereocenters. The summed E-state index contributed by atoms with van der Waals surface area (Å²) in [5.74, 6) is -2.61. The van der Waals surface area contributed by atoms with Crippen LogP contribution < -0.4 is 34.1 Å². The number of hydrogen-bond donors (Lipinski definition) is 3. The quantitative estimate of drug-likeness (QED) is 0.0977. The van der Waals surface area contributed by atoms with Gasteiger partial charge in [0.15, 0.2) is 0 Å². The lowest BCUT2D eigenvalue weighted by Crippen LogP contribution is -2.56. The van der Waals surface area contributed by atoms with Crippen LogP contribution in [-0.4, -0.2) is 97.8 Å². The summed E-state index contributed by atoms with van der Waals surface area (Å²) in [7, 11) is 0. The minimum Gasteiger partial charge on any atom is -0.464 e. The summed E-state index contributed by atoms with van der Waals surface area (Å²) in [4.78, 5) is 115. The summed E-state index contributed by atoms with van der Waals surface area (Å²) in [5.41, 5.74) is -9.15. The Kier molecular flexibility index (Phi) is 14.8. The van der Waals surface area contributed by atoms with Crippen LogP contribution in [0.25, 0.3) is 0 Å². The number of hydrogen-bond acceptors (Lipinski definition) is 15. The summed E-state index contributed by atoms with van der Waals surface area (Å²) in [6.07, 6.45) is -2.54. The van der Waals surface area contributed by atoms with Gasteiger partial charge in [-0.15, -0.1) is 0 Å². The fourth-order valence-corrected chi connectivity index (χ4v) is 4.55. The maximum absolute atomic E-state index is 13.3. The molecule has 3 N–H and O–H groups in total. The number of carbonyl (C=O) groups excluding carboxylic acids is 3. The average molecular weight is 731 g/mol. The molecule has 0 aliphatic carbocycles. The van der Waals surface area contributed by atoms with Crippen molar-refractivity contribution in [2.24, 2.45) is 0 Å². The Morgan fingerprint density at radius 1 is 0.608 bits per heavy atom. The molecule has 2 heterocycles. The van der Waals surface area contributed by atoms with Crippen LogP contribution in [0.5, 0.6) is 0 Å². The number of nitrogens with zero attached hydrogens (tertiary/aromatic N) is 6. The van der Waals surface area contributed by atoms with Gasteiger partial charge in [-0.2, -0.15) is 0 Å². The first-order chi connectivity index (χ1) is 23.6. The van der Waals surface area contributed by atoms with Crippen LogP contribution >= 0.6 is 0 Å². The summed E-state index contributed by atoms with van der Waals surface area (Å²) in [5, 5.41) is 28.8. The molecular weight excluding hydrogens is 684 g/mol. The molecule has 51 heavy (non-hydrogen) atoms. The zero-order valence-corrected chi connectivity index (χ0v) is 29.5. The Hall–Kier alpha value is -4.89. The van der Waals surface area contributed by atoms with E-state index in [4.69, 9.17) is 14.2 Å². The minimum atomic E-state index is -1.54. The Morgan fingerprint density at radius 2 is 0.980 bits per heavy atom. The molecule has 0 bridgehead atoms. The van der Waals surface area contributed by atoms with Crippen molar-refractivity contribution in [3.63, 3.8) is 0 Å². The Bertz CT molecular complexity index is 1930. The van der Waals surface area contributed by atoms with Crippen molar-refractivity contribution in [2.45, 2.75) is 117 Å². The molecule has 21 nitrogen and oxygen atoms in total. The zero-order valence-electron chi connectivity index (χ0n) is 29.5. The molecule has 1 unspecified atom stereocenters. The van der Waals surface area contributed by atoms with Gasteiger partial charge in [0.2, 0.25) is 0 Å². The van der Waals surface area contributed by atoms with Gasteiger partial charge in [0, 0.05) is 19.6 Å². The maximum Gasteiger partial charge on any atom is 0.336 e. The highest BCUT2D eigenvalue weighted by atomic mass is 16.6. The SMILES string of the molecule is CC(O)COC(=O)CCn1c(=O)n(CCC(=O)OCCn2c(=O)n(CCO)c(=O)n(CC(C)(C)O)c2=O)c(=O)n(CCC(=O)OC(C)(C)C)c1=O. The molecule has 0 saturated carbocycles. The highest BCUT2D eigenvalue weighted by molar-refractivity contribution is 5.70. The highest BCUT2D eigenvalue weighted by Crippen LogP contribution is 2.08. The van der Waals surface area contributed by atoms with Crippen LogP contribution in [0.4, 0.5) is 0 Å². The molecule has 286 valence electrons. The fourth-order valence-electron chi connectivity index (χ4n) is 4.55. The minimum absolute atomic E-state index is 0.340. The van der Waals surface area contributed by atoms with Gasteiger partial charge in [-0.25, -0.2) is 56.2 Å². The number of carbonyl (C=O) groups is 3. The van der Waals surface area contributed by atoms with Crippen molar-refractivity contribution < 1.29 is 43.9 Å². The second kappa shape index (κ2) is 17.9. The van der Waals surface area contributed by atoms with Gasteiger partial charge < -0.3 is 29.5 Å². The first-order valence-electron chi connectivity index (χ1n) is 16.0. The second-order valence-electron chi connectivity index (χ2n) is 13.2. The molecule has 0 aliphatic rings. The van der Waals surface area contributed by atoms with E-state index in [1.54, 1.807) is 20.8 Å². The van der Waals surface area contributed by atoms with Gasteiger partial charge in [-0.3, -0.25) is 14.4 Å². The van der Waals surface area contributed by atoms with Crippen LogP contribution in [0, 0.1) is 0 Å². The molecule has 0 amide bonds. The summed E-state index contributed by atoms with van der Waals surface area (Å²) < 4.78 is 18.6. The Labute approximate surface area is 289 Å². The molecule has 0 saturated heterocycles. The first-order valence-corrected chi connectivity index (χ1v) is 16.0. The van der Waals surface area contributed by atoms with Gasteiger partial charge in [0.05, 0.1) is 57.2 Å². The molecular formula is C30H46N6O15. The van der Waals surface area contributed by atoms with Crippen LogP contribution in [0.1, 0.15) is 60.8 Å². The highest BCUT2D eigenvalue weighted by Gasteiger charge is 2.23. The van der Waals surface area contributed by atoms with Crippen molar-refractivity contribution in [1.82, 2.24) is 27.4 Å². The first kappa shape index (κ1) is 42.3. The van der Waals surface area contributed by atoms with E-state index >= 15 is 0 Å². The summed E-state index contributed by atoms with van der Waals surface area (Å²) >= 11 is 0. The van der Waals surface area contributed by atoms with Crippen molar-refractivity contribution in [3.05, 3.63) is 62.9 Å². The van der Waals surface area contributed by atoms with Crippen LogP contribution in [0.15, 0.2) is 28.8 Å². The van der Waals surface area contributed by atoms with Crippen LogP contribution in [0.3, 0.4) is 0 Å². The number of ether oxygens (including phenoxy) is 3. The van der Waals surface area contributed by atoms with Gasteiger partial charge in [-0.1, -0.05) is 0 Å². The zero-order chi connectivity index (χ0) is 38.8. The monoisotopic (exact) mass is 730 g/mol. The standard InChI is InChI=1S/C30H46N6O15/c1-19(38)17-50-21(40)8-11-32-23(42)31(24(43)33(25(32)44)12-9-22(41)51-29(2,3)4)10-7-20(39)49-16-14-35-26(45)34(13-15-37)27(46)36(28(35)47)18-30(5,6)48/h19,37-38,48H,7-18H2,1-6H3. The van der Waals surface area contributed by atoms with E-state index in [1.807, 2.05) is 0 Å². The smallest absolute Gasteiger partial charge is 0.336 e. The molecule has 2 rings (SSSR count). The van der Waals surface area contributed by atoms with Crippen molar-refractivity contribution >= 4 is 17.9 Å². The fraction of sp³-hybridized carbons (Fsp3) is 0.700. The normalized spacial score (nSPS) is 12.4. The molecule has 0 aliphatic heterocycles. The van der Waals surface area contributed by atoms with Gasteiger partial charge in [0.1, 0.15) is 18.8 Å². The molecule has 0 spiro atoms. The lowest BCUT2D eigenvalue weighted by atomic mass is 10.1. The third-order valence-electron chi connectivity index (χ3n) is 6.74. The summed E-state index contributed by atoms with van der Waals surface area (Å²) in [6, 6.07) is 0. The lowest BCUT2D eigenvalue weighted by Gasteiger charge is -2.20. The van der Waals surface area contributed by atoms with E-state index in [1.165, 1.54) is 20.8 Å². The molecule has 2 aromatic rings. The molecule has 0 fully saturated rings. The number of aromatic nitrogens is 6. The molecule has 0 aromatic carbocycles. The number of esters is 3. The summed E-state index contributed by atoms with van der Waals surface area (Å²) in [6.45, 7) is 4.13. The van der Waals surface area contributed by atoms with Crippen molar-refractivity contribution in [1.29, 1.82) is 0 Å². The van der Waals surface area contributed by atoms with Gasteiger partial charge in [0.25, 0.3) is 0 Å². The van der Waals surface area contributed by atoms with E-state index in [0.717, 1.165) is 0 Å². The van der Waals surface area contributed by atoms with E-state index in [9.17, 15) is 58.5 Å². The average Bonchev–Trinajstić information content (AvgIpc) is 3.00. The molecule has 0 radical (unpaired) electrons. The van der Waals surface area contributed by atoms with Crippen LogP contribution in [0.2, 0.25) is 0 Å². The number of aliphatic hydroxyl groups excluding tert-OH is 2. The maximum atomic E-state index is 13.3. The van der Waals surface area contributed by atoms with E-state index in [2.05, 4.69) is 0 Å². The van der Waals surface area contributed by atoms with Gasteiger partial charge >= 0.3 is 52.0 Å². The van der Waals surface area contributed by atoms with Crippen molar-refractivity contribution in [3.8, 4) is 0 Å². The predicted molar refractivity (Wildman–Crippen MR) is 175 cm³/mol. The van der Waals surface area contributed by atoms with Crippen molar-refractivity contribution in [2.75, 3.05) is 19.8 Å². The third-order valence-corrected chi connectivity index (χ3v) is 6.74. The Morgan fingerprint density at radius 3 is 1.37 bits per heavy atom. The van der Waals surface area contributed by atoms with E-state index in [0.29, 0.717) is 27.4 Å². The van der Waals surface area contributed by atoms with Crippen LogP contribution in [-0.2, 0) is 67.9 Å².